The van der Waals surface area contributed by atoms with Crippen LogP contribution < -0.4 is 5.32 Å². The molecule has 1 amide bonds. The van der Waals surface area contributed by atoms with E-state index in [2.05, 4.69) is 20.0 Å². The summed E-state index contributed by atoms with van der Waals surface area (Å²) >= 11 is 0. The van der Waals surface area contributed by atoms with Crippen molar-refractivity contribution in [1.82, 2.24) is 19.3 Å². The van der Waals surface area contributed by atoms with Gasteiger partial charge in [-0.15, -0.1) is 0 Å². The fourth-order valence-corrected chi connectivity index (χ4v) is 2.90. The summed E-state index contributed by atoms with van der Waals surface area (Å²) in [5, 5.41) is 7.37. The summed E-state index contributed by atoms with van der Waals surface area (Å²) in [5.74, 6) is 1.80. The molecule has 6 heteroatoms. The van der Waals surface area contributed by atoms with Crippen LogP contribution in [0.25, 0.3) is 0 Å². The number of rotatable bonds is 3. The molecule has 3 heterocycles. The topological polar surface area (TPSA) is 64.7 Å². The number of hydrogen-bond donors (Lipinski definition) is 1. The first-order valence-electron chi connectivity index (χ1n) is 7.44. The summed E-state index contributed by atoms with van der Waals surface area (Å²) in [6.07, 6.45) is 5.06. The highest BCUT2D eigenvalue weighted by Gasteiger charge is 2.21. The van der Waals surface area contributed by atoms with Gasteiger partial charge in [0.1, 0.15) is 17.7 Å². The SMILES string of the molecule is Cc1cc(C)n([C@@H](C)C(=O)Nc2cnc3n2CCCC3)n1. The molecule has 0 saturated carbocycles. The van der Waals surface area contributed by atoms with Gasteiger partial charge in [0, 0.05) is 18.7 Å². The van der Waals surface area contributed by atoms with E-state index in [1.165, 1.54) is 6.42 Å². The minimum atomic E-state index is -0.339. The molecule has 2 aromatic heterocycles. The number of nitrogens with zero attached hydrogens (tertiary/aromatic N) is 4. The smallest absolute Gasteiger partial charge is 0.250 e. The van der Waals surface area contributed by atoms with Crippen molar-refractivity contribution in [2.24, 2.45) is 0 Å². The number of anilines is 1. The van der Waals surface area contributed by atoms with E-state index in [4.69, 9.17) is 0 Å². The zero-order valence-corrected chi connectivity index (χ0v) is 12.8. The van der Waals surface area contributed by atoms with E-state index in [1.807, 2.05) is 26.8 Å². The highest BCUT2D eigenvalue weighted by molar-refractivity contribution is 5.92. The Bertz CT molecular complexity index is 670. The summed E-state index contributed by atoms with van der Waals surface area (Å²) in [5.41, 5.74) is 1.92. The molecule has 0 aliphatic carbocycles. The molecule has 112 valence electrons. The Morgan fingerprint density at radius 3 is 2.90 bits per heavy atom. The van der Waals surface area contributed by atoms with Crippen LogP contribution in [0.4, 0.5) is 5.82 Å². The van der Waals surface area contributed by atoms with E-state index in [-0.39, 0.29) is 11.9 Å². The van der Waals surface area contributed by atoms with Gasteiger partial charge in [-0.1, -0.05) is 0 Å². The fourth-order valence-electron chi connectivity index (χ4n) is 2.90. The van der Waals surface area contributed by atoms with Crippen LogP contribution in [-0.2, 0) is 17.8 Å². The maximum absolute atomic E-state index is 12.4. The van der Waals surface area contributed by atoms with Crippen molar-refractivity contribution in [3.05, 3.63) is 29.5 Å². The Balaban J connectivity index is 1.77. The summed E-state index contributed by atoms with van der Waals surface area (Å²) in [7, 11) is 0. The summed E-state index contributed by atoms with van der Waals surface area (Å²) in [4.78, 5) is 16.8. The number of nitrogens with one attached hydrogen (secondary N) is 1. The van der Waals surface area contributed by atoms with E-state index in [0.29, 0.717) is 0 Å². The van der Waals surface area contributed by atoms with Crippen LogP contribution >= 0.6 is 0 Å². The van der Waals surface area contributed by atoms with Crippen LogP contribution in [0.5, 0.6) is 0 Å². The van der Waals surface area contributed by atoms with Gasteiger partial charge >= 0.3 is 0 Å². The van der Waals surface area contributed by atoms with E-state index in [9.17, 15) is 4.79 Å². The molecule has 6 nitrogen and oxygen atoms in total. The second-order valence-corrected chi connectivity index (χ2v) is 5.71. The second-order valence-electron chi connectivity index (χ2n) is 5.71. The van der Waals surface area contributed by atoms with Crippen LogP contribution in [0.15, 0.2) is 12.3 Å². The summed E-state index contributed by atoms with van der Waals surface area (Å²) in [6.45, 7) is 6.69. The van der Waals surface area contributed by atoms with Crippen molar-refractivity contribution in [3.8, 4) is 0 Å². The number of carbonyl (C=O) groups is 1. The third kappa shape index (κ3) is 2.57. The Morgan fingerprint density at radius 1 is 1.38 bits per heavy atom. The Labute approximate surface area is 124 Å². The zero-order valence-electron chi connectivity index (χ0n) is 12.8. The maximum atomic E-state index is 12.4. The van der Waals surface area contributed by atoms with E-state index in [0.717, 1.165) is 42.4 Å². The average molecular weight is 287 g/mol. The first kappa shape index (κ1) is 13.9. The van der Waals surface area contributed by atoms with Crippen LogP contribution in [-0.4, -0.2) is 25.2 Å². The third-order valence-corrected chi connectivity index (χ3v) is 4.01. The lowest BCUT2D eigenvalue weighted by molar-refractivity contribution is -0.119. The van der Waals surface area contributed by atoms with Gasteiger partial charge < -0.3 is 9.88 Å². The molecule has 1 aliphatic heterocycles. The molecule has 0 spiro atoms. The molecular formula is C15H21N5O. The molecule has 1 atom stereocenters. The van der Waals surface area contributed by atoms with Gasteiger partial charge in [-0.2, -0.15) is 5.10 Å². The molecule has 0 fully saturated rings. The number of fused-ring (bicyclic) bond motifs is 1. The monoisotopic (exact) mass is 287 g/mol. The quantitative estimate of drug-likeness (QED) is 0.941. The Morgan fingerprint density at radius 2 is 2.19 bits per heavy atom. The average Bonchev–Trinajstić information content (AvgIpc) is 3.02. The number of carbonyl (C=O) groups excluding carboxylic acids is 1. The van der Waals surface area contributed by atoms with Crippen molar-refractivity contribution in [2.75, 3.05) is 5.32 Å². The van der Waals surface area contributed by atoms with Crippen LogP contribution in [0.1, 0.15) is 43.0 Å². The predicted octanol–water partition coefficient (Wildman–Crippen LogP) is 2.23. The number of amides is 1. The first-order chi connectivity index (χ1) is 10.1. The third-order valence-electron chi connectivity index (χ3n) is 4.01. The molecule has 3 rings (SSSR count). The van der Waals surface area contributed by atoms with Crippen LogP contribution in [0.2, 0.25) is 0 Å². The van der Waals surface area contributed by atoms with Gasteiger partial charge in [-0.25, -0.2) is 4.98 Å². The number of aromatic nitrogens is 4. The van der Waals surface area contributed by atoms with Crippen molar-refractivity contribution in [3.63, 3.8) is 0 Å². The minimum Gasteiger partial charge on any atom is -0.315 e. The van der Waals surface area contributed by atoms with Gasteiger partial charge in [-0.3, -0.25) is 9.48 Å². The first-order valence-corrected chi connectivity index (χ1v) is 7.44. The van der Waals surface area contributed by atoms with Gasteiger partial charge in [0.2, 0.25) is 5.91 Å². The molecular weight excluding hydrogens is 266 g/mol. The fraction of sp³-hybridized carbons (Fsp3) is 0.533. The highest BCUT2D eigenvalue weighted by Crippen LogP contribution is 2.21. The molecule has 0 radical (unpaired) electrons. The van der Waals surface area contributed by atoms with Crippen LogP contribution in [0.3, 0.4) is 0 Å². The molecule has 21 heavy (non-hydrogen) atoms. The van der Waals surface area contributed by atoms with Crippen molar-refractivity contribution in [2.45, 2.75) is 52.6 Å². The van der Waals surface area contributed by atoms with E-state index >= 15 is 0 Å². The van der Waals surface area contributed by atoms with Crippen molar-refractivity contribution < 1.29 is 4.79 Å². The lowest BCUT2D eigenvalue weighted by Gasteiger charge is -2.18. The number of aryl methyl sites for hydroxylation is 3. The molecule has 0 aromatic carbocycles. The summed E-state index contributed by atoms with van der Waals surface area (Å²) < 4.78 is 3.87. The predicted molar refractivity (Wildman–Crippen MR) is 80.2 cm³/mol. The molecule has 0 bridgehead atoms. The second kappa shape index (κ2) is 5.35. The Hall–Kier alpha value is -2.11. The van der Waals surface area contributed by atoms with Crippen LogP contribution in [0, 0.1) is 13.8 Å². The van der Waals surface area contributed by atoms with Gasteiger partial charge in [0.05, 0.1) is 11.9 Å². The molecule has 1 aliphatic rings. The zero-order chi connectivity index (χ0) is 15.0. The minimum absolute atomic E-state index is 0.0607. The van der Waals surface area contributed by atoms with E-state index < -0.39 is 0 Å². The van der Waals surface area contributed by atoms with Crippen molar-refractivity contribution >= 4 is 11.7 Å². The van der Waals surface area contributed by atoms with E-state index in [1.54, 1.807) is 10.9 Å². The normalized spacial score (nSPS) is 15.6. The van der Waals surface area contributed by atoms with Gasteiger partial charge in [-0.05, 0) is 39.7 Å². The molecule has 1 N–H and O–H groups in total. The molecule has 0 saturated heterocycles. The highest BCUT2D eigenvalue weighted by atomic mass is 16.2. The number of imidazole rings is 1. The lowest BCUT2D eigenvalue weighted by atomic mass is 10.2. The summed E-state index contributed by atoms with van der Waals surface area (Å²) in [6, 6.07) is 1.64. The molecule has 0 unspecified atom stereocenters. The lowest BCUT2D eigenvalue weighted by Crippen LogP contribution is -2.27. The largest absolute Gasteiger partial charge is 0.315 e. The standard InChI is InChI=1S/C15H21N5O/c1-10-8-11(2)20(18-10)12(3)15(21)17-14-9-16-13-6-4-5-7-19(13)14/h8-9,12H,4-7H2,1-3H3,(H,17,21)/t12-/m0/s1. The number of hydrogen-bond acceptors (Lipinski definition) is 3. The molecule has 2 aromatic rings. The van der Waals surface area contributed by atoms with Gasteiger partial charge in [0.25, 0.3) is 0 Å². The maximum Gasteiger partial charge on any atom is 0.250 e. The van der Waals surface area contributed by atoms with Crippen molar-refractivity contribution in [1.29, 1.82) is 0 Å². The van der Waals surface area contributed by atoms with Gasteiger partial charge in [0.15, 0.2) is 0 Å². The Kier molecular flexibility index (Phi) is 3.53.